The van der Waals surface area contributed by atoms with E-state index in [0.717, 1.165) is 64.2 Å². The van der Waals surface area contributed by atoms with E-state index in [1.54, 1.807) is 0 Å². The van der Waals surface area contributed by atoms with Crippen molar-refractivity contribution in [3.8, 4) is 0 Å². The molecule has 0 heterocycles. The van der Waals surface area contributed by atoms with Gasteiger partial charge in [0.15, 0.2) is 0 Å². The van der Waals surface area contributed by atoms with E-state index in [1.807, 2.05) is 0 Å². The molecule has 1 aliphatic rings. The molecule has 12 nitrogen and oxygen atoms in total. The summed E-state index contributed by atoms with van der Waals surface area (Å²) in [5, 5.41) is 50.3. The normalized spacial score (nSPS) is 21.9. The molecule has 1 aliphatic carbocycles. The minimum atomic E-state index is -5.04. The fourth-order valence-electron chi connectivity index (χ4n) is 7.73. The summed E-state index contributed by atoms with van der Waals surface area (Å²) in [7, 11) is -5.04. The summed E-state index contributed by atoms with van der Waals surface area (Å²) in [6, 6.07) is 0. The van der Waals surface area contributed by atoms with Crippen LogP contribution in [0.4, 0.5) is 0 Å². The number of aliphatic hydroxyl groups excluding tert-OH is 5. The molecule has 0 amide bonds. The molecule has 6 unspecified atom stereocenters. The molecular formula is C54H95O12P. The lowest BCUT2D eigenvalue weighted by atomic mass is 9.85. The Morgan fingerprint density at radius 2 is 0.866 bits per heavy atom. The first kappa shape index (κ1) is 62.8. The fraction of sp³-hybridized carbons (Fsp3) is 0.759. The third kappa shape index (κ3) is 35.5. The Bertz CT molecular complexity index is 1380. The first-order valence-corrected chi connectivity index (χ1v) is 27.8. The monoisotopic (exact) mass is 967 g/mol. The summed E-state index contributed by atoms with van der Waals surface area (Å²) in [5.41, 5.74) is 0. The topological polar surface area (TPSA) is 192 Å². The predicted molar refractivity (Wildman–Crippen MR) is 271 cm³/mol. The van der Waals surface area contributed by atoms with Crippen molar-refractivity contribution in [1.82, 2.24) is 0 Å². The van der Waals surface area contributed by atoms with Crippen LogP contribution in [0.5, 0.6) is 0 Å². The summed E-state index contributed by atoms with van der Waals surface area (Å²) >= 11 is 0. The number of unbranched alkanes of at least 4 members (excludes halogenated alkanes) is 20. The van der Waals surface area contributed by atoms with Gasteiger partial charge in [0.25, 0.3) is 0 Å². The highest BCUT2D eigenvalue weighted by atomic mass is 31.2. The minimum absolute atomic E-state index is 0.118. The number of carbonyl (C=O) groups is 1. The van der Waals surface area contributed by atoms with E-state index in [1.165, 1.54) is 103 Å². The third-order valence-corrected chi connectivity index (χ3v) is 12.8. The molecule has 0 aliphatic heterocycles. The van der Waals surface area contributed by atoms with Crippen LogP contribution in [0.15, 0.2) is 72.9 Å². The number of aliphatic hydroxyl groups is 5. The van der Waals surface area contributed by atoms with E-state index < -0.39 is 63.1 Å². The second-order valence-electron chi connectivity index (χ2n) is 18.0. The maximum atomic E-state index is 12.9. The van der Waals surface area contributed by atoms with Crippen LogP contribution in [0, 0.1) is 0 Å². The lowest BCUT2D eigenvalue weighted by Crippen LogP contribution is -2.64. The summed E-state index contributed by atoms with van der Waals surface area (Å²) in [4.78, 5) is 23.3. The number of esters is 1. The highest BCUT2D eigenvalue weighted by Crippen LogP contribution is 2.47. The molecule has 13 heteroatoms. The van der Waals surface area contributed by atoms with Gasteiger partial charge in [-0.3, -0.25) is 13.8 Å². The predicted octanol–water partition coefficient (Wildman–Crippen LogP) is 11.9. The number of hydrogen-bond donors (Lipinski definition) is 6. The molecule has 67 heavy (non-hydrogen) atoms. The van der Waals surface area contributed by atoms with Crippen molar-refractivity contribution in [3.63, 3.8) is 0 Å². The Labute approximate surface area is 406 Å². The van der Waals surface area contributed by atoms with E-state index in [9.17, 15) is 39.8 Å². The number of rotatable bonds is 44. The van der Waals surface area contributed by atoms with E-state index in [2.05, 4.69) is 86.8 Å². The van der Waals surface area contributed by atoms with Crippen LogP contribution in [0.25, 0.3) is 0 Å². The SMILES string of the molecule is CC/C=C\C/C=C\C/C=C\C/C=C\C/C=C\C/C=C\CCCOCC(COP(=O)(O)OC1C(O)C(O)C(O)C(O)C1O)OC(=O)CCCCCCCCCCCCCCCCCCCCCC. The Kier molecular flexibility index (Phi) is 41.0. The summed E-state index contributed by atoms with van der Waals surface area (Å²) in [6.07, 6.45) is 45.5. The molecule has 0 aromatic heterocycles. The smallest absolute Gasteiger partial charge is 0.457 e. The average Bonchev–Trinajstić information content (AvgIpc) is 3.31. The molecule has 1 fully saturated rings. The molecule has 1 rings (SSSR count). The van der Waals surface area contributed by atoms with Crippen molar-refractivity contribution in [2.45, 2.75) is 243 Å². The molecule has 0 radical (unpaired) electrons. The van der Waals surface area contributed by atoms with E-state index in [-0.39, 0.29) is 13.0 Å². The number of phosphoric acid groups is 1. The van der Waals surface area contributed by atoms with Crippen molar-refractivity contribution in [1.29, 1.82) is 0 Å². The number of phosphoric ester groups is 1. The van der Waals surface area contributed by atoms with Crippen molar-refractivity contribution < 1.29 is 58.3 Å². The van der Waals surface area contributed by atoms with Gasteiger partial charge in [0.05, 0.1) is 13.2 Å². The van der Waals surface area contributed by atoms with Crippen molar-refractivity contribution in [2.24, 2.45) is 0 Å². The zero-order chi connectivity index (χ0) is 49.1. The second-order valence-corrected chi connectivity index (χ2v) is 19.4. The molecule has 0 aromatic rings. The third-order valence-electron chi connectivity index (χ3n) is 11.8. The van der Waals surface area contributed by atoms with Gasteiger partial charge in [-0.1, -0.05) is 209 Å². The molecule has 1 saturated carbocycles. The Morgan fingerprint density at radius 1 is 0.493 bits per heavy atom. The standard InChI is InChI=1S/C54H95O12P/c1-3-5-7-9-11-13-15-17-19-21-23-25-27-29-31-33-35-37-39-41-43-48(55)65-47(46-64-67(61,62)66-54-52(59)50(57)49(56)51(58)53(54)60)45-63-44-42-40-38-36-34-32-30-28-26-24-22-20-18-16-14-12-10-8-6-4-2/h6,8,12,14,18,20,24,26,30,32,36,38,47,49-54,56-60H,3-5,7,9-11,13,15-17,19,21-23,25,27-29,31,33-35,37,39-46H2,1-2H3,(H,61,62)/b8-6-,14-12-,20-18-,26-24-,32-30-,38-36-. The zero-order valence-corrected chi connectivity index (χ0v) is 42.6. The summed E-state index contributed by atoms with van der Waals surface area (Å²) in [5.74, 6) is -0.496. The van der Waals surface area contributed by atoms with Crippen LogP contribution in [0.2, 0.25) is 0 Å². The van der Waals surface area contributed by atoms with Crippen molar-refractivity contribution in [2.75, 3.05) is 19.8 Å². The second kappa shape index (κ2) is 43.8. The van der Waals surface area contributed by atoms with Gasteiger partial charge in [0.2, 0.25) is 0 Å². The fourth-order valence-corrected chi connectivity index (χ4v) is 8.70. The molecule has 388 valence electrons. The highest BCUT2D eigenvalue weighted by molar-refractivity contribution is 7.47. The maximum Gasteiger partial charge on any atom is 0.472 e. The Balaban J connectivity index is 2.38. The van der Waals surface area contributed by atoms with Gasteiger partial charge in [-0.05, 0) is 57.8 Å². The Hall–Kier alpha value is -2.22. The number of hydrogen-bond acceptors (Lipinski definition) is 11. The molecule has 0 saturated heterocycles. The van der Waals surface area contributed by atoms with Crippen LogP contribution in [0.3, 0.4) is 0 Å². The number of ether oxygens (including phenoxy) is 2. The summed E-state index contributed by atoms with van der Waals surface area (Å²) in [6.45, 7) is 4.02. The molecule has 0 aromatic carbocycles. The van der Waals surface area contributed by atoms with E-state index in [0.29, 0.717) is 19.4 Å². The van der Waals surface area contributed by atoms with Gasteiger partial charge in [-0.15, -0.1) is 0 Å². The molecule has 0 spiro atoms. The van der Waals surface area contributed by atoms with Gasteiger partial charge in [0.1, 0.15) is 42.7 Å². The Morgan fingerprint density at radius 3 is 1.28 bits per heavy atom. The largest absolute Gasteiger partial charge is 0.472 e. The van der Waals surface area contributed by atoms with Crippen LogP contribution >= 0.6 is 7.82 Å². The quantitative estimate of drug-likeness (QED) is 0.0147. The zero-order valence-electron chi connectivity index (χ0n) is 41.7. The van der Waals surface area contributed by atoms with Gasteiger partial charge in [0, 0.05) is 13.0 Å². The summed E-state index contributed by atoms with van der Waals surface area (Å²) < 4.78 is 34.2. The van der Waals surface area contributed by atoms with E-state index in [4.69, 9.17) is 18.5 Å². The first-order valence-electron chi connectivity index (χ1n) is 26.3. The minimum Gasteiger partial charge on any atom is -0.457 e. The first-order chi connectivity index (χ1) is 32.5. The van der Waals surface area contributed by atoms with Crippen LogP contribution in [-0.2, 0) is 27.9 Å². The molecular weight excluding hydrogens is 872 g/mol. The molecule has 6 atom stereocenters. The van der Waals surface area contributed by atoms with Crippen LogP contribution in [-0.4, -0.2) is 98.9 Å². The van der Waals surface area contributed by atoms with Gasteiger partial charge in [-0.25, -0.2) is 4.57 Å². The number of allylic oxidation sites excluding steroid dienone is 12. The lowest BCUT2D eigenvalue weighted by molar-refractivity contribution is -0.220. The van der Waals surface area contributed by atoms with E-state index >= 15 is 0 Å². The molecule has 0 bridgehead atoms. The van der Waals surface area contributed by atoms with Gasteiger partial charge < -0.3 is 39.9 Å². The number of carbonyl (C=O) groups excluding carboxylic acids is 1. The lowest BCUT2D eigenvalue weighted by Gasteiger charge is -2.41. The van der Waals surface area contributed by atoms with Gasteiger partial charge >= 0.3 is 13.8 Å². The van der Waals surface area contributed by atoms with Crippen molar-refractivity contribution in [3.05, 3.63) is 72.9 Å². The highest BCUT2D eigenvalue weighted by Gasteiger charge is 2.51. The maximum absolute atomic E-state index is 12.9. The van der Waals surface area contributed by atoms with Crippen LogP contribution < -0.4 is 0 Å². The average molecular weight is 967 g/mol. The molecule has 6 N–H and O–H groups in total. The van der Waals surface area contributed by atoms with Gasteiger partial charge in [-0.2, -0.15) is 0 Å². The van der Waals surface area contributed by atoms with Crippen LogP contribution in [0.1, 0.15) is 200 Å². The van der Waals surface area contributed by atoms with Crippen molar-refractivity contribution >= 4 is 13.8 Å².